The molecule has 2 aromatic heterocycles. The molecule has 2 atom stereocenters. The summed E-state index contributed by atoms with van der Waals surface area (Å²) < 4.78 is 14.9. The standard InChI is InChI=1S/C19H21FN4O/c1-19(25,15-10-23-24(2)12-15)13-22-18(14-6-4-3-5-7-14)17-9-8-16(20)11-21-17/h3-12,18,22,25H,13H2,1-2H3/t18-,19-/m0/s1. The molecule has 0 bridgehead atoms. The zero-order chi connectivity index (χ0) is 17.9. The van der Waals surface area contributed by atoms with Crippen molar-refractivity contribution in [3.05, 3.63) is 83.7 Å². The van der Waals surface area contributed by atoms with E-state index in [-0.39, 0.29) is 18.4 Å². The van der Waals surface area contributed by atoms with Crippen LogP contribution in [0.5, 0.6) is 0 Å². The summed E-state index contributed by atoms with van der Waals surface area (Å²) >= 11 is 0. The summed E-state index contributed by atoms with van der Waals surface area (Å²) in [4.78, 5) is 4.20. The first-order valence-electron chi connectivity index (χ1n) is 8.07. The van der Waals surface area contributed by atoms with E-state index in [0.29, 0.717) is 5.69 Å². The Morgan fingerprint density at radius 3 is 2.56 bits per heavy atom. The topological polar surface area (TPSA) is 63.0 Å². The van der Waals surface area contributed by atoms with Crippen LogP contribution < -0.4 is 5.32 Å². The molecule has 5 nitrogen and oxygen atoms in total. The van der Waals surface area contributed by atoms with Crippen molar-refractivity contribution in [1.82, 2.24) is 20.1 Å². The lowest BCUT2D eigenvalue weighted by molar-refractivity contribution is 0.0548. The van der Waals surface area contributed by atoms with Crippen LogP contribution in [0, 0.1) is 5.82 Å². The van der Waals surface area contributed by atoms with Crippen molar-refractivity contribution in [3.63, 3.8) is 0 Å². The number of rotatable bonds is 6. The number of pyridine rings is 1. The number of benzene rings is 1. The number of aromatic nitrogens is 3. The van der Waals surface area contributed by atoms with Crippen LogP contribution >= 0.6 is 0 Å². The molecule has 3 rings (SSSR count). The van der Waals surface area contributed by atoms with Gasteiger partial charge in [-0.3, -0.25) is 9.67 Å². The van der Waals surface area contributed by atoms with Gasteiger partial charge in [0.2, 0.25) is 0 Å². The number of nitrogens with zero attached hydrogens (tertiary/aromatic N) is 3. The quantitative estimate of drug-likeness (QED) is 0.724. The van der Waals surface area contributed by atoms with Crippen LogP contribution in [0.15, 0.2) is 61.1 Å². The Labute approximate surface area is 146 Å². The molecular weight excluding hydrogens is 319 g/mol. The van der Waals surface area contributed by atoms with Crippen molar-refractivity contribution < 1.29 is 9.50 Å². The first-order valence-corrected chi connectivity index (χ1v) is 8.07. The fourth-order valence-electron chi connectivity index (χ4n) is 2.70. The van der Waals surface area contributed by atoms with E-state index in [4.69, 9.17) is 0 Å². The zero-order valence-corrected chi connectivity index (χ0v) is 14.2. The smallest absolute Gasteiger partial charge is 0.141 e. The van der Waals surface area contributed by atoms with Gasteiger partial charge < -0.3 is 10.4 Å². The SMILES string of the molecule is Cn1cc([C@@](C)(O)CN[C@@H](c2ccccc2)c2ccc(F)cn2)cn1. The van der Waals surface area contributed by atoms with Gasteiger partial charge in [-0.25, -0.2) is 4.39 Å². The molecule has 0 amide bonds. The minimum atomic E-state index is -1.10. The zero-order valence-electron chi connectivity index (χ0n) is 14.2. The lowest BCUT2D eigenvalue weighted by Gasteiger charge is -2.26. The van der Waals surface area contributed by atoms with E-state index in [2.05, 4.69) is 15.4 Å². The van der Waals surface area contributed by atoms with Crippen LogP contribution in [0.1, 0.15) is 29.8 Å². The van der Waals surface area contributed by atoms with E-state index < -0.39 is 5.60 Å². The summed E-state index contributed by atoms with van der Waals surface area (Å²) in [6.45, 7) is 2.02. The average molecular weight is 340 g/mol. The Hall–Kier alpha value is -2.57. The number of aliphatic hydroxyl groups is 1. The summed E-state index contributed by atoms with van der Waals surface area (Å²) in [6.07, 6.45) is 4.64. The lowest BCUT2D eigenvalue weighted by atomic mass is 9.97. The fraction of sp³-hybridized carbons (Fsp3) is 0.263. The summed E-state index contributed by atoms with van der Waals surface area (Å²) in [5.74, 6) is -0.377. The van der Waals surface area contributed by atoms with Gasteiger partial charge in [0.25, 0.3) is 0 Å². The molecule has 0 aliphatic rings. The van der Waals surface area contributed by atoms with Gasteiger partial charge in [0.05, 0.1) is 24.1 Å². The monoisotopic (exact) mass is 340 g/mol. The number of aryl methyl sites for hydroxylation is 1. The molecule has 0 saturated heterocycles. The van der Waals surface area contributed by atoms with Crippen LogP contribution in [0.4, 0.5) is 4.39 Å². The molecule has 6 heteroatoms. The minimum absolute atomic E-state index is 0.259. The van der Waals surface area contributed by atoms with Crippen molar-refractivity contribution in [2.45, 2.75) is 18.6 Å². The second-order valence-corrected chi connectivity index (χ2v) is 6.30. The van der Waals surface area contributed by atoms with Gasteiger partial charge >= 0.3 is 0 Å². The lowest BCUT2D eigenvalue weighted by Crippen LogP contribution is -2.37. The molecule has 2 N–H and O–H groups in total. The maximum absolute atomic E-state index is 13.2. The van der Waals surface area contributed by atoms with Gasteiger partial charge in [-0.15, -0.1) is 0 Å². The molecule has 0 unspecified atom stereocenters. The van der Waals surface area contributed by atoms with E-state index in [1.807, 2.05) is 37.4 Å². The van der Waals surface area contributed by atoms with Gasteiger partial charge in [0.15, 0.2) is 0 Å². The highest BCUT2D eigenvalue weighted by molar-refractivity contribution is 5.28. The summed E-state index contributed by atoms with van der Waals surface area (Å²) in [7, 11) is 1.81. The summed E-state index contributed by atoms with van der Waals surface area (Å²) in [5.41, 5.74) is 1.31. The molecule has 0 aliphatic carbocycles. The second kappa shape index (κ2) is 7.13. The van der Waals surface area contributed by atoms with Crippen LogP contribution in [0.25, 0.3) is 0 Å². The number of nitrogens with one attached hydrogen (secondary N) is 1. The van der Waals surface area contributed by atoms with E-state index >= 15 is 0 Å². The molecule has 25 heavy (non-hydrogen) atoms. The third-order valence-corrected chi connectivity index (χ3v) is 4.16. The van der Waals surface area contributed by atoms with Crippen molar-refractivity contribution in [2.24, 2.45) is 7.05 Å². The first kappa shape index (κ1) is 17.3. The summed E-state index contributed by atoms with van der Waals surface area (Å²) in [6, 6.07) is 12.5. The molecule has 1 aromatic carbocycles. The second-order valence-electron chi connectivity index (χ2n) is 6.30. The van der Waals surface area contributed by atoms with Crippen LogP contribution in [-0.4, -0.2) is 26.4 Å². The fourth-order valence-corrected chi connectivity index (χ4v) is 2.70. The van der Waals surface area contributed by atoms with Crippen molar-refractivity contribution >= 4 is 0 Å². The maximum Gasteiger partial charge on any atom is 0.141 e. The number of halogens is 1. The van der Waals surface area contributed by atoms with Crippen LogP contribution in [-0.2, 0) is 12.6 Å². The third-order valence-electron chi connectivity index (χ3n) is 4.16. The molecule has 0 saturated carbocycles. The Kier molecular flexibility index (Phi) is 4.92. The highest BCUT2D eigenvalue weighted by Crippen LogP contribution is 2.24. The van der Waals surface area contributed by atoms with E-state index in [0.717, 1.165) is 11.1 Å². The molecule has 3 aromatic rings. The predicted molar refractivity (Wildman–Crippen MR) is 93.3 cm³/mol. The third kappa shape index (κ3) is 4.10. The largest absolute Gasteiger partial charge is 0.384 e. The summed E-state index contributed by atoms with van der Waals surface area (Å²) in [5, 5.41) is 18.2. The normalized spacial score (nSPS) is 14.9. The molecule has 0 radical (unpaired) electrons. The molecule has 0 fully saturated rings. The molecule has 0 aliphatic heterocycles. The number of hydrogen-bond donors (Lipinski definition) is 2. The Balaban J connectivity index is 1.84. The number of hydrogen-bond acceptors (Lipinski definition) is 4. The van der Waals surface area contributed by atoms with Crippen molar-refractivity contribution in [1.29, 1.82) is 0 Å². The van der Waals surface area contributed by atoms with Crippen molar-refractivity contribution in [3.8, 4) is 0 Å². The molecule has 2 heterocycles. The van der Waals surface area contributed by atoms with Gasteiger partial charge in [-0.1, -0.05) is 30.3 Å². The molecule has 0 spiro atoms. The van der Waals surface area contributed by atoms with E-state index in [1.165, 1.54) is 12.3 Å². The maximum atomic E-state index is 13.2. The van der Waals surface area contributed by atoms with E-state index in [1.54, 1.807) is 30.1 Å². The van der Waals surface area contributed by atoms with Gasteiger partial charge in [0, 0.05) is 25.4 Å². The Bertz CT molecular complexity index is 815. The molecular formula is C19H21FN4O. The highest BCUT2D eigenvalue weighted by Gasteiger charge is 2.27. The van der Waals surface area contributed by atoms with Gasteiger partial charge in [0.1, 0.15) is 11.4 Å². The molecule has 130 valence electrons. The first-order chi connectivity index (χ1) is 12.0. The highest BCUT2D eigenvalue weighted by atomic mass is 19.1. The Morgan fingerprint density at radius 2 is 1.96 bits per heavy atom. The van der Waals surface area contributed by atoms with E-state index in [9.17, 15) is 9.50 Å². The predicted octanol–water partition coefficient (Wildman–Crippen LogP) is 2.54. The Morgan fingerprint density at radius 1 is 1.20 bits per heavy atom. The van der Waals surface area contributed by atoms with Gasteiger partial charge in [-0.2, -0.15) is 5.10 Å². The average Bonchev–Trinajstić information content (AvgIpc) is 3.05. The van der Waals surface area contributed by atoms with Gasteiger partial charge in [-0.05, 0) is 24.6 Å². The van der Waals surface area contributed by atoms with Crippen molar-refractivity contribution in [2.75, 3.05) is 6.54 Å². The minimum Gasteiger partial charge on any atom is -0.384 e. The van der Waals surface area contributed by atoms with Crippen LogP contribution in [0.3, 0.4) is 0 Å². The van der Waals surface area contributed by atoms with Crippen LogP contribution in [0.2, 0.25) is 0 Å².